The maximum absolute atomic E-state index is 13.0. The molecule has 2 aliphatic rings. The third-order valence-corrected chi connectivity index (χ3v) is 7.21. The number of thioether (sulfide) groups is 1. The third-order valence-electron chi connectivity index (χ3n) is 6.06. The molecule has 0 radical (unpaired) electrons. The lowest BCUT2D eigenvalue weighted by molar-refractivity contribution is -0.140. The summed E-state index contributed by atoms with van der Waals surface area (Å²) in [6, 6.07) is 19.9. The van der Waals surface area contributed by atoms with E-state index in [4.69, 9.17) is 14.2 Å². The Labute approximate surface area is 198 Å². The van der Waals surface area contributed by atoms with Crippen molar-refractivity contribution in [3.8, 4) is 28.4 Å². The Balaban J connectivity index is 1.47. The van der Waals surface area contributed by atoms with Crippen molar-refractivity contribution in [2.45, 2.75) is 17.7 Å². The van der Waals surface area contributed by atoms with Gasteiger partial charge < -0.3 is 19.3 Å². The summed E-state index contributed by atoms with van der Waals surface area (Å²) >= 11 is 1.37. The van der Waals surface area contributed by atoms with Gasteiger partial charge in [0.25, 0.3) is 5.56 Å². The van der Waals surface area contributed by atoms with Gasteiger partial charge in [0.15, 0.2) is 11.5 Å². The molecule has 6 rings (SSSR count). The molecule has 2 aliphatic heterocycles. The fourth-order valence-electron chi connectivity index (χ4n) is 4.45. The van der Waals surface area contributed by atoms with Gasteiger partial charge >= 0.3 is 5.97 Å². The van der Waals surface area contributed by atoms with Crippen LogP contribution in [0.15, 0.2) is 76.6 Å². The van der Waals surface area contributed by atoms with Gasteiger partial charge in [-0.15, -0.1) is 11.8 Å². The van der Waals surface area contributed by atoms with Crippen molar-refractivity contribution < 1.29 is 24.1 Å². The van der Waals surface area contributed by atoms with Crippen LogP contribution in [0.2, 0.25) is 0 Å². The minimum absolute atomic E-state index is 0.151. The van der Waals surface area contributed by atoms with E-state index in [0.717, 1.165) is 21.9 Å². The van der Waals surface area contributed by atoms with Crippen LogP contribution in [0.1, 0.15) is 11.6 Å². The van der Waals surface area contributed by atoms with E-state index < -0.39 is 12.0 Å². The van der Waals surface area contributed by atoms with Crippen LogP contribution in [0.4, 0.5) is 0 Å². The summed E-state index contributed by atoms with van der Waals surface area (Å²) in [6.07, 6.45) is 0. The summed E-state index contributed by atoms with van der Waals surface area (Å²) in [4.78, 5) is 24.8. The predicted molar refractivity (Wildman–Crippen MR) is 128 cm³/mol. The largest absolute Gasteiger partial charge is 0.488 e. The van der Waals surface area contributed by atoms with Crippen LogP contribution in [0, 0.1) is 0 Å². The Morgan fingerprint density at radius 2 is 1.88 bits per heavy atom. The molecule has 34 heavy (non-hydrogen) atoms. The van der Waals surface area contributed by atoms with Gasteiger partial charge in [0.05, 0.1) is 5.03 Å². The van der Waals surface area contributed by atoms with Crippen LogP contribution >= 0.6 is 11.8 Å². The first kappa shape index (κ1) is 20.7. The zero-order chi connectivity index (χ0) is 23.2. The average molecular weight is 474 g/mol. The van der Waals surface area contributed by atoms with Gasteiger partial charge in [0, 0.05) is 28.3 Å². The third kappa shape index (κ3) is 3.38. The average Bonchev–Trinajstić information content (AvgIpc) is 3.50. The maximum Gasteiger partial charge on any atom is 0.327 e. The molecule has 4 aromatic rings. The van der Waals surface area contributed by atoms with E-state index in [-0.39, 0.29) is 24.7 Å². The van der Waals surface area contributed by atoms with Gasteiger partial charge in [-0.05, 0) is 29.1 Å². The zero-order valence-electron chi connectivity index (χ0n) is 17.9. The maximum atomic E-state index is 13.0. The van der Waals surface area contributed by atoms with E-state index in [9.17, 15) is 14.7 Å². The molecule has 0 spiro atoms. The predicted octanol–water partition coefficient (Wildman–Crippen LogP) is 4.71. The number of carboxylic acid groups (broad SMARTS) is 1. The van der Waals surface area contributed by atoms with E-state index in [0.29, 0.717) is 27.8 Å². The normalized spacial score (nSPS) is 15.9. The van der Waals surface area contributed by atoms with Crippen molar-refractivity contribution in [1.29, 1.82) is 0 Å². The second kappa shape index (κ2) is 8.14. The number of rotatable bonds is 5. The molecule has 0 bridgehead atoms. The zero-order valence-corrected chi connectivity index (χ0v) is 18.7. The van der Waals surface area contributed by atoms with E-state index in [2.05, 4.69) is 0 Å². The van der Waals surface area contributed by atoms with Gasteiger partial charge in [-0.25, -0.2) is 4.79 Å². The molecule has 1 N–H and O–H groups in total. The molecule has 0 fully saturated rings. The topological polar surface area (TPSA) is 87.0 Å². The number of aromatic nitrogens is 1. The fraction of sp³-hybridized carbons (Fsp3) is 0.154. The summed E-state index contributed by atoms with van der Waals surface area (Å²) in [5, 5.41) is 12.3. The van der Waals surface area contributed by atoms with E-state index >= 15 is 0 Å². The monoisotopic (exact) mass is 473 g/mol. The van der Waals surface area contributed by atoms with Gasteiger partial charge in [0.1, 0.15) is 18.4 Å². The highest BCUT2D eigenvalue weighted by molar-refractivity contribution is 7.99. The van der Waals surface area contributed by atoms with Crippen molar-refractivity contribution in [2.24, 2.45) is 0 Å². The molecular formula is C26H19NO6S. The Kier molecular flexibility index (Phi) is 4.95. The van der Waals surface area contributed by atoms with Crippen molar-refractivity contribution in [3.63, 3.8) is 0 Å². The number of benzene rings is 3. The number of ether oxygens (including phenoxy) is 3. The molecule has 0 aliphatic carbocycles. The molecule has 1 aromatic heterocycles. The van der Waals surface area contributed by atoms with Crippen LogP contribution in [0.25, 0.3) is 21.9 Å². The summed E-state index contributed by atoms with van der Waals surface area (Å²) in [7, 11) is 0. The van der Waals surface area contributed by atoms with Crippen LogP contribution in [0.3, 0.4) is 0 Å². The highest BCUT2D eigenvalue weighted by Gasteiger charge is 2.33. The van der Waals surface area contributed by atoms with Crippen molar-refractivity contribution >= 4 is 28.5 Å². The molecule has 0 saturated heterocycles. The fourth-order valence-corrected chi connectivity index (χ4v) is 5.81. The summed E-state index contributed by atoms with van der Waals surface area (Å²) in [5.74, 6) is 1.24. The van der Waals surface area contributed by atoms with Crippen molar-refractivity contribution in [2.75, 3.05) is 12.5 Å². The van der Waals surface area contributed by atoms with Crippen LogP contribution in [-0.4, -0.2) is 28.2 Å². The summed E-state index contributed by atoms with van der Waals surface area (Å²) < 4.78 is 18.6. The Morgan fingerprint density at radius 1 is 1.06 bits per heavy atom. The number of carboxylic acids is 1. The number of hydrogen-bond acceptors (Lipinski definition) is 6. The number of pyridine rings is 1. The van der Waals surface area contributed by atoms with E-state index in [1.807, 2.05) is 60.7 Å². The summed E-state index contributed by atoms with van der Waals surface area (Å²) in [5.41, 5.74) is 1.91. The molecule has 170 valence electrons. The molecule has 0 unspecified atom stereocenters. The second-order valence-corrected chi connectivity index (χ2v) is 9.07. The number of nitrogens with zero attached hydrogens (tertiary/aromatic N) is 1. The first-order valence-corrected chi connectivity index (χ1v) is 11.7. The highest BCUT2D eigenvalue weighted by atomic mass is 32.2. The second-order valence-electron chi connectivity index (χ2n) is 8.06. The number of hydrogen-bond donors (Lipinski definition) is 1. The van der Waals surface area contributed by atoms with Gasteiger partial charge in [-0.3, -0.25) is 9.36 Å². The lowest BCUT2D eigenvalue weighted by atomic mass is 10.0. The van der Waals surface area contributed by atoms with E-state index in [1.165, 1.54) is 22.4 Å². The lowest BCUT2D eigenvalue weighted by Gasteiger charge is -2.18. The molecule has 0 saturated carbocycles. The van der Waals surface area contributed by atoms with Gasteiger partial charge in [0.2, 0.25) is 6.79 Å². The smallest absolute Gasteiger partial charge is 0.327 e. The van der Waals surface area contributed by atoms with Crippen molar-refractivity contribution in [1.82, 2.24) is 4.57 Å². The van der Waals surface area contributed by atoms with Crippen LogP contribution < -0.4 is 19.8 Å². The first-order chi connectivity index (χ1) is 16.6. The molecule has 3 heterocycles. The van der Waals surface area contributed by atoms with Crippen LogP contribution in [-0.2, 0) is 11.4 Å². The quantitative estimate of drug-likeness (QED) is 0.449. The SMILES string of the molecule is O=C(O)[C@@H]1CSc2c(-c3ccc4c(c3)OCO4)c(COc3cccc4ccccc34)cc(=O)n21. The highest BCUT2D eigenvalue weighted by Crippen LogP contribution is 2.44. The van der Waals surface area contributed by atoms with Gasteiger partial charge in [-0.1, -0.05) is 42.5 Å². The molecule has 0 amide bonds. The first-order valence-electron chi connectivity index (χ1n) is 10.7. The Hall–Kier alpha value is -3.91. The minimum Gasteiger partial charge on any atom is -0.488 e. The molecular weight excluding hydrogens is 454 g/mol. The minimum atomic E-state index is -1.02. The lowest BCUT2D eigenvalue weighted by Crippen LogP contribution is -2.29. The Bertz CT molecular complexity index is 1510. The molecule has 3 aromatic carbocycles. The molecule has 7 nitrogen and oxygen atoms in total. The number of aliphatic carboxylic acids is 1. The molecule has 1 atom stereocenters. The van der Waals surface area contributed by atoms with Crippen LogP contribution in [0.5, 0.6) is 17.2 Å². The summed E-state index contributed by atoms with van der Waals surface area (Å²) in [6.45, 7) is 0.303. The van der Waals surface area contributed by atoms with Crippen molar-refractivity contribution in [3.05, 3.63) is 82.6 Å². The number of fused-ring (bicyclic) bond motifs is 3. The molecule has 8 heteroatoms. The standard InChI is InChI=1S/C26H19NO6S/c28-23-11-17(12-31-20-7-3-5-15-4-1-2-6-18(15)20)24(25-27(23)19(13-34-25)26(29)30)16-8-9-21-22(10-16)33-14-32-21/h1-11,19H,12-14H2,(H,29,30)/t19-/m0/s1. The Morgan fingerprint density at radius 3 is 2.76 bits per heavy atom. The number of carbonyl (C=O) groups is 1. The van der Waals surface area contributed by atoms with E-state index in [1.54, 1.807) is 0 Å². The van der Waals surface area contributed by atoms with Gasteiger partial charge in [-0.2, -0.15) is 0 Å².